The smallest absolute Gasteiger partial charge is 0.360 e. The molecule has 1 aromatic carbocycles. The highest BCUT2D eigenvalue weighted by atomic mass is 35.5. The summed E-state index contributed by atoms with van der Waals surface area (Å²) in [7, 11) is 0. The van der Waals surface area contributed by atoms with Crippen molar-refractivity contribution in [3.63, 3.8) is 0 Å². The number of benzene rings is 1. The molecule has 0 fully saturated rings. The highest BCUT2D eigenvalue weighted by Crippen LogP contribution is 2.22. The number of hydrogen-bond donors (Lipinski definition) is 0. The minimum Gasteiger partial charge on any atom is -0.461 e. The lowest BCUT2D eigenvalue weighted by Crippen LogP contribution is -2.04. The summed E-state index contributed by atoms with van der Waals surface area (Å²) in [6, 6.07) is 7.70. The second-order valence-electron chi connectivity index (χ2n) is 5.28. The molecule has 0 amide bonds. The maximum Gasteiger partial charge on any atom is 0.360 e. The van der Waals surface area contributed by atoms with E-state index in [-0.39, 0.29) is 16.7 Å². The highest BCUT2D eigenvalue weighted by Gasteiger charge is 2.15. The van der Waals surface area contributed by atoms with Gasteiger partial charge in [0.25, 0.3) is 5.35 Å². The summed E-state index contributed by atoms with van der Waals surface area (Å²) in [5.74, 6) is -0.551. The summed E-state index contributed by atoms with van der Waals surface area (Å²) in [6.07, 6.45) is 2.47. The number of carbonyl (C=O) groups is 2. The molecule has 0 bridgehead atoms. The van der Waals surface area contributed by atoms with Gasteiger partial charge in [-0.15, -0.1) is 0 Å². The summed E-state index contributed by atoms with van der Waals surface area (Å²) in [5, 5.41) is -0.0620. The van der Waals surface area contributed by atoms with Crippen LogP contribution in [0.4, 0.5) is 0 Å². The fraction of sp³-hybridized carbons (Fsp3) is 0.263. The van der Waals surface area contributed by atoms with E-state index in [9.17, 15) is 9.59 Å². The molecule has 3 rings (SSSR count). The molecule has 0 N–H and O–H groups in total. The first-order valence-corrected chi connectivity index (χ1v) is 8.80. The van der Waals surface area contributed by atoms with Crippen LogP contribution in [0.15, 0.2) is 45.6 Å². The Balaban J connectivity index is 0.000000221. The number of ether oxygens (including phenoxy) is 2. The molecular weight excluding hydrogens is 388 g/mol. The zero-order valence-corrected chi connectivity index (χ0v) is 16.4. The molecule has 0 aliphatic heterocycles. The fourth-order valence-electron chi connectivity index (χ4n) is 2.06. The molecule has 2 heterocycles. The number of nitrogens with zero attached hydrogens (tertiary/aromatic N) is 2. The van der Waals surface area contributed by atoms with E-state index < -0.39 is 11.9 Å². The maximum atomic E-state index is 11.4. The minimum absolute atomic E-state index is 0.0620. The Morgan fingerprint density at radius 2 is 1.54 bits per heavy atom. The lowest BCUT2D eigenvalue weighted by atomic mass is 10.1. The molecule has 3 aromatic rings. The average molecular weight is 407 g/mol. The standard InChI is InChI=1S/C13H13NO3.C6H6ClNO3/c1-3-16-13(15)11-8-17-12(14-11)10-7-5-4-6-9(10)2;1-2-10-5(9)4-3-11-6(7)8-4/h4-8H,3H2,1-2H3;3H,2H2,1H3. The van der Waals surface area contributed by atoms with Crippen molar-refractivity contribution in [2.75, 3.05) is 13.2 Å². The SMILES string of the molecule is CCOC(=O)c1coc(-c2ccccc2C)n1.CCOC(=O)c1coc(Cl)n1. The molecule has 28 heavy (non-hydrogen) atoms. The van der Waals surface area contributed by atoms with Gasteiger partial charge in [-0.3, -0.25) is 0 Å². The fourth-order valence-corrected chi connectivity index (χ4v) is 2.20. The number of rotatable bonds is 5. The Hall–Kier alpha value is -3.13. The van der Waals surface area contributed by atoms with Crippen LogP contribution in [0.5, 0.6) is 0 Å². The van der Waals surface area contributed by atoms with Gasteiger partial charge in [0.2, 0.25) is 5.89 Å². The van der Waals surface area contributed by atoms with E-state index in [0.29, 0.717) is 19.1 Å². The third kappa shape index (κ3) is 5.68. The Labute approximate surface area is 166 Å². The molecule has 0 unspecified atom stereocenters. The van der Waals surface area contributed by atoms with Gasteiger partial charge in [-0.05, 0) is 44.0 Å². The van der Waals surface area contributed by atoms with Crippen LogP contribution in [0.3, 0.4) is 0 Å². The maximum absolute atomic E-state index is 11.4. The Morgan fingerprint density at radius 1 is 0.964 bits per heavy atom. The summed E-state index contributed by atoms with van der Waals surface area (Å²) in [5.41, 5.74) is 2.22. The van der Waals surface area contributed by atoms with Crippen LogP contribution in [0.1, 0.15) is 40.4 Å². The molecule has 0 aliphatic carbocycles. The van der Waals surface area contributed by atoms with Crippen molar-refractivity contribution in [3.05, 3.63) is 59.1 Å². The van der Waals surface area contributed by atoms with Crippen LogP contribution in [-0.2, 0) is 9.47 Å². The van der Waals surface area contributed by atoms with Crippen molar-refractivity contribution in [1.29, 1.82) is 0 Å². The predicted octanol–water partition coefficient (Wildman–Crippen LogP) is 4.33. The highest BCUT2D eigenvalue weighted by molar-refractivity contribution is 6.27. The third-order valence-electron chi connectivity index (χ3n) is 3.32. The first-order chi connectivity index (χ1) is 13.5. The first-order valence-electron chi connectivity index (χ1n) is 8.43. The monoisotopic (exact) mass is 406 g/mol. The number of aryl methyl sites for hydroxylation is 1. The number of halogens is 1. The molecule has 0 aliphatic rings. The second-order valence-corrected chi connectivity index (χ2v) is 5.60. The summed E-state index contributed by atoms with van der Waals surface area (Å²) < 4.78 is 19.3. The molecule has 0 atom stereocenters. The molecule has 148 valence electrons. The Bertz CT molecular complexity index is 934. The number of hydrogen-bond acceptors (Lipinski definition) is 8. The Kier molecular flexibility index (Phi) is 7.76. The van der Waals surface area contributed by atoms with Crippen molar-refractivity contribution < 1.29 is 27.9 Å². The lowest BCUT2D eigenvalue weighted by molar-refractivity contribution is 0.0510. The van der Waals surface area contributed by atoms with Crippen LogP contribution in [-0.4, -0.2) is 35.1 Å². The summed E-state index contributed by atoms with van der Waals surface area (Å²) in [4.78, 5) is 30.0. The van der Waals surface area contributed by atoms with Crippen LogP contribution in [0.2, 0.25) is 5.35 Å². The topological polar surface area (TPSA) is 105 Å². The van der Waals surface area contributed by atoms with Crippen LogP contribution < -0.4 is 0 Å². The molecule has 0 radical (unpaired) electrons. The van der Waals surface area contributed by atoms with E-state index in [1.54, 1.807) is 13.8 Å². The molecule has 0 spiro atoms. The second kappa shape index (κ2) is 10.3. The van der Waals surface area contributed by atoms with Crippen molar-refractivity contribution in [1.82, 2.24) is 9.97 Å². The molecular formula is C19H19ClN2O6. The van der Waals surface area contributed by atoms with E-state index in [1.165, 1.54) is 6.26 Å². The zero-order valence-electron chi connectivity index (χ0n) is 15.6. The van der Waals surface area contributed by atoms with Gasteiger partial charge >= 0.3 is 11.9 Å². The predicted molar refractivity (Wildman–Crippen MR) is 100 cm³/mol. The van der Waals surface area contributed by atoms with Crippen molar-refractivity contribution in [3.8, 4) is 11.5 Å². The quantitative estimate of drug-likeness (QED) is 0.576. The number of carbonyl (C=O) groups excluding carboxylic acids is 2. The molecule has 8 nitrogen and oxygen atoms in total. The summed E-state index contributed by atoms with van der Waals surface area (Å²) in [6.45, 7) is 6.05. The van der Waals surface area contributed by atoms with Gasteiger partial charge in [-0.25, -0.2) is 14.6 Å². The summed E-state index contributed by atoms with van der Waals surface area (Å²) >= 11 is 5.32. The van der Waals surface area contributed by atoms with Crippen LogP contribution in [0, 0.1) is 6.92 Å². The van der Waals surface area contributed by atoms with Crippen molar-refractivity contribution >= 4 is 23.5 Å². The van der Waals surface area contributed by atoms with Crippen LogP contribution in [0.25, 0.3) is 11.5 Å². The first kappa shape index (κ1) is 21.2. The average Bonchev–Trinajstić information content (AvgIpc) is 3.32. The largest absolute Gasteiger partial charge is 0.461 e. The molecule has 0 saturated carbocycles. The zero-order chi connectivity index (χ0) is 20.5. The van der Waals surface area contributed by atoms with Gasteiger partial charge in [0.1, 0.15) is 12.5 Å². The van der Waals surface area contributed by atoms with E-state index >= 15 is 0 Å². The van der Waals surface area contributed by atoms with Gasteiger partial charge in [0, 0.05) is 5.56 Å². The lowest BCUT2D eigenvalue weighted by Gasteiger charge is -1.99. The third-order valence-corrected chi connectivity index (χ3v) is 3.50. The van der Waals surface area contributed by atoms with E-state index in [1.807, 2.05) is 31.2 Å². The van der Waals surface area contributed by atoms with Gasteiger partial charge in [0.05, 0.1) is 13.2 Å². The van der Waals surface area contributed by atoms with Gasteiger partial charge < -0.3 is 18.3 Å². The number of oxazole rings is 2. The van der Waals surface area contributed by atoms with Gasteiger partial charge in [0.15, 0.2) is 11.4 Å². The van der Waals surface area contributed by atoms with E-state index in [4.69, 9.17) is 20.8 Å². The van der Waals surface area contributed by atoms with Gasteiger partial charge in [-0.1, -0.05) is 18.2 Å². The molecule has 2 aromatic heterocycles. The van der Waals surface area contributed by atoms with Crippen LogP contribution >= 0.6 is 11.6 Å². The van der Waals surface area contributed by atoms with Gasteiger partial charge in [-0.2, -0.15) is 4.98 Å². The number of esters is 2. The van der Waals surface area contributed by atoms with Crippen molar-refractivity contribution in [2.45, 2.75) is 20.8 Å². The van der Waals surface area contributed by atoms with E-state index in [2.05, 4.69) is 19.1 Å². The normalized spacial score (nSPS) is 10.0. The van der Waals surface area contributed by atoms with Crippen molar-refractivity contribution in [2.24, 2.45) is 0 Å². The Morgan fingerprint density at radius 3 is 2.07 bits per heavy atom. The molecule has 9 heteroatoms. The number of aromatic nitrogens is 2. The minimum atomic E-state index is -0.525. The van der Waals surface area contributed by atoms with E-state index in [0.717, 1.165) is 17.4 Å². The molecule has 0 saturated heterocycles.